The largest absolute Gasteiger partial charge is 0.269 e. The summed E-state index contributed by atoms with van der Waals surface area (Å²) in [5.74, 6) is 13.4. The average molecular weight is 474 g/mol. The lowest BCUT2D eigenvalue weighted by molar-refractivity contribution is -0.384. The van der Waals surface area contributed by atoms with Crippen LogP contribution >= 0.6 is 0 Å². The maximum Gasteiger partial charge on any atom is 0.269 e. The Morgan fingerprint density at radius 1 is 0.486 bits per heavy atom. The Hall–Kier alpha value is -5.38. The number of hydrogen-bond acceptors (Lipinski definition) is 2. The first-order valence-corrected chi connectivity index (χ1v) is 11.9. The maximum atomic E-state index is 11.0. The van der Waals surface area contributed by atoms with E-state index in [4.69, 9.17) is 0 Å². The fourth-order valence-electron chi connectivity index (χ4n) is 4.59. The first-order valence-electron chi connectivity index (χ1n) is 11.9. The van der Waals surface area contributed by atoms with Gasteiger partial charge in [0.1, 0.15) is 0 Å². The third-order valence-corrected chi connectivity index (χ3v) is 6.41. The second kappa shape index (κ2) is 9.34. The summed E-state index contributed by atoms with van der Waals surface area (Å²) in [4.78, 5) is 10.6. The molecule has 0 heterocycles. The molecule has 6 rings (SSSR count). The number of fused-ring (bicyclic) bond motifs is 3. The Morgan fingerprint density at radius 3 is 1.46 bits per heavy atom. The Morgan fingerprint density at radius 2 is 0.946 bits per heavy atom. The zero-order valence-electron chi connectivity index (χ0n) is 19.7. The van der Waals surface area contributed by atoms with E-state index in [1.807, 2.05) is 54.6 Å². The van der Waals surface area contributed by atoms with E-state index in [0.29, 0.717) is 0 Å². The minimum Gasteiger partial charge on any atom is -0.258 e. The molecule has 0 N–H and O–H groups in total. The molecule has 0 aliphatic rings. The summed E-state index contributed by atoms with van der Waals surface area (Å²) < 4.78 is 0. The lowest BCUT2D eigenvalue weighted by Gasteiger charge is -2.12. The molecule has 0 aliphatic carbocycles. The van der Waals surface area contributed by atoms with Gasteiger partial charge in [0.05, 0.1) is 4.92 Å². The normalized spacial score (nSPS) is 10.5. The van der Waals surface area contributed by atoms with Crippen LogP contribution in [0.1, 0.15) is 22.3 Å². The van der Waals surface area contributed by atoms with Crippen LogP contribution in [0.2, 0.25) is 0 Å². The molecule has 6 aromatic carbocycles. The van der Waals surface area contributed by atoms with Crippen molar-refractivity contribution in [3.05, 3.63) is 148 Å². The Bertz CT molecular complexity index is 1950. The van der Waals surface area contributed by atoms with Crippen LogP contribution in [0.5, 0.6) is 0 Å². The summed E-state index contributed by atoms with van der Waals surface area (Å²) in [5, 5.41) is 17.4. The predicted molar refractivity (Wildman–Crippen MR) is 150 cm³/mol. The van der Waals surface area contributed by atoms with Gasteiger partial charge in [0.25, 0.3) is 5.69 Å². The first kappa shape index (κ1) is 22.1. The van der Waals surface area contributed by atoms with Crippen LogP contribution in [0.4, 0.5) is 5.69 Å². The zero-order valence-corrected chi connectivity index (χ0v) is 19.7. The van der Waals surface area contributed by atoms with Crippen LogP contribution in [0.15, 0.2) is 115 Å². The Balaban J connectivity index is 1.65. The van der Waals surface area contributed by atoms with E-state index in [2.05, 4.69) is 60.1 Å². The van der Waals surface area contributed by atoms with Crippen molar-refractivity contribution in [2.45, 2.75) is 0 Å². The number of non-ortho nitro benzene ring substituents is 1. The third-order valence-electron chi connectivity index (χ3n) is 6.41. The van der Waals surface area contributed by atoms with E-state index in [1.165, 1.54) is 12.1 Å². The van der Waals surface area contributed by atoms with Gasteiger partial charge < -0.3 is 0 Å². The van der Waals surface area contributed by atoms with Crippen molar-refractivity contribution in [1.82, 2.24) is 0 Å². The first-order chi connectivity index (χ1) is 18.2. The Kier molecular flexibility index (Phi) is 5.58. The van der Waals surface area contributed by atoms with E-state index in [0.717, 1.165) is 54.6 Å². The molecule has 0 aliphatic heterocycles. The lowest BCUT2D eigenvalue weighted by atomic mass is 9.90. The molecule has 0 saturated heterocycles. The minimum atomic E-state index is -0.404. The number of hydrogen-bond donors (Lipinski definition) is 0. The summed E-state index contributed by atoms with van der Waals surface area (Å²) in [7, 11) is 0. The van der Waals surface area contributed by atoms with Gasteiger partial charge in [-0.05, 0) is 68.7 Å². The number of nitrogens with zero attached hydrogens (tertiary/aromatic N) is 1. The van der Waals surface area contributed by atoms with Crippen LogP contribution in [-0.2, 0) is 0 Å². The molecule has 0 fully saturated rings. The highest BCUT2D eigenvalue weighted by molar-refractivity contribution is 6.13. The molecule has 172 valence electrons. The summed E-state index contributed by atoms with van der Waals surface area (Å²) in [6.07, 6.45) is 0. The van der Waals surface area contributed by atoms with Crippen LogP contribution in [0, 0.1) is 33.8 Å². The van der Waals surface area contributed by atoms with Gasteiger partial charge in [0, 0.05) is 34.4 Å². The number of rotatable bonds is 1. The standard InChI is InChI=1S/C34H19NO2/c36-35(37)28-18-14-25(15-19-28)17-21-32-30-13-7-6-12-29(30)31(20-16-24-8-2-1-3-9-24)33-22-26-10-4-5-11-27(26)23-34(32)33/h1-15,18-19,22-23H. The smallest absolute Gasteiger partial charge is 0.258 e. The number of nitro groups is 1. The minimum absolute atomic E-state index is 0.0502. The van der Waals surface area contributed by atoms with Crippen molar-refractivity contribution < 1.29 is 4.92 Å². The summed E-state index contributed by atoms with van der Waals surface area (Å²) in [6.45, 7) is 0. The molecule has 0 bridgehead atoms. The highest BCUT2D eigenvalue weighted by Gasteiger charge is 2.13. The fourth-order valence-corrected chi connectivity index (χ4v) is 4.59. The zero-order chi connectivity index (χ0) is 25.2. The van der Waals surface area contributed by atoms with Gasteiger partial charge in [-0.1, -0.05) is 90.4 Å². The predicted octanol–water partition coefficient (Wildman–Crippen LogP) is 7.85. The summed E-state index contributed by atoms with van der Waals surface area (Å²) in [6, 6.07) is 37.2. The topological polar surface area (TPSA) is 43.1 Å². The van der Waals surface area contributed by atoms with E-state index in [1.54, 1.807) is 12.1 Å². The van der Waals surface area contributed by atoms with Gasteiger partial charge in [-0.25, -0.2) is 0 Å². The molecular formula is C34H19NO2. The molecule has 3 nitrogen and oxygen atoms in total. The fraction of sp³-hybridized carbons (Fsp3) is 0. The van der Waals surface area contributed by atoms with Gasteiger partial charge in [-0.3, -0.25) is 10.1 Å². The summed E-state index contributed by atoms with van der Waals surface area (Å²) >= 11 is 0. The quantitative estimate of drug-likeness (QED) is 0.106. The summed E-state index contributed by atoms with van der Waals surface area (Å²) in [5.41, 5.74) is 3.62. The monoisotopic (exact) mass is 473 g/mol. The molecular weight excluding hydrogens is 454 g/mol. The second-order valence-electron chi connectivity index (χ2n) is 8.71. The molecule has 0 atom stereocenters. The van der Waals surface area contributed by atoms with E-state index in [9.17, 15) is 10.1 Å². The van der Waals surface area contributed by atoms with Gasteiger partial charge in [-0.2, -0.15) is 0 Å². The molecule has 6 aromatic rings. The van der Waals surface area contributed by atoms with Gasteiger partial charge in [0.15, 0.2) is 0 Å². The molecule has 0 amide bonds. The lowest BCUT2D eigenvalue weighted by Crippen LogP contribution is -1.91. The van der Waals surface area contributed by atoms with Crippen molar-refractivity contribution in [2.75, 3.05) is 0 Å². The SMILES string of the molecule is O=[N+]([O-])c1ccc(C#Cc2c3ccccc3c(C#Cc3ccccc3)c3cc4ccccc4cc23)cc1. The van der Waals surface area contributed by atoms with Crippen LogP contribution < -0.4 is 0 Å². The van der Waals surface area contributed by atoms with Crippen molar-refractivity contribution in [3.8, 4) is 23.7 Å². The highest BCUT2D eigenvalue weighted by atomic mass is 16.6. The molecule has 0 spiro atoms. The van der Waals surface area contributed by atoms with Crippen molar-refractivity contribution >= 4 is 38.0 Å². The van der Waals surface area contributed by atoms with Gasteiger partial charge in [0.2, 0.25) is 0 Å². The molecule has 0 aromatic heterocycles. The van der Waals surface area contributed by atoms with Crippen molar-refractivity contribution in [1.29, 1.82) is 0 Å². The molecule has 37 heavy (non-hydrogen) atoms. The average Bonchev–Trinajstić information content (AvgIpc) is 2.94. The molecule has 0 saturated carbocycles. The van der Waals surface area contributed by atoms with E-state index < -0.39 is 4.92 Å². The highest BCUT2D eigenvalue weighted by Crippen LogP contribution is 2.35. The molecule has 0 unspecified atom stereocenters. The van der Waals surface area contributed by atoms with E-state index >= 15 is 0 Å². The van der Waals surface area contributed by atoms with Gasteiger partial charge >= 0.3 is 0 Å². The number of nitro benzene ring substituents is 1. The third kappa shape index (κ3) is 4.27. The van der Waals surface area contributed by atoms with Crippen molar-refractivity contribution in [2.24, 2.45) is 0 Å². The second-order valence-corrected chi connectivity index (χ2v) is 8.71. The molecule has 0 radical (unpaired) electrons. The molecule has 3 heteroatoms. The van der Waals surface area contributed by atoms with Gasteiger partial charge in [-0.15, -0.1) is 0 Å². The maximum absolute atomic E-state index is 11.0. The number of benzene rings is 6. The van der Waals surface area contributed by atoms with Crippen LogP contribution in [-0.4, -0.2) is 4.92 Å². The Labute approximate surface area is 214 Å². The van der Waals surface area contributed by atoms with E-state index in [-0.39, 0.29) is 5.69 Å². The van der Waals surface area contributed by atoms with Crippen LogP contribution in [0.3, 0.4) is 0 Å². The van der Waals surface area contributed by atoms with Crippen LogP contribution in [0.25, 0.3) is 32.3 Å². The van der Waals surface area contributed by atoms with Crippen molar-refractivity contribution in [3.63, 3.8) is 0 Å².